The van der Waals surface area contributed by atoms with Crippen molar-refractivity contribution >= 4 is 12.0 Å². The number of para-hydroxylation sites is 1. The summed E-state index contributed by atoms with van der Waals surface area (Å²) in [5, 5.41) is 9.73. The Morgan fingerprint density at radius 3 is 2.68 bits per heavy atom. The molecule has 1 heterocycles. The Morgan fingerprint density at radius 1 is 1.28 bits per heavy atom. The predicted molar refractivity (Wildman–Crippen MR) is 94.6 cm³/mol. The van der Waals surface area contributed by atoms with Crippen LogP contribution in [0.5, 0.6) is 0 Å². The van der Waals surface area contributed by atoms with E-state index >= 15 is 0 Å². The summed E-state index contributed by atoms with van der Waals surface area (Å²) in [5.41, 5.74) is 3.99. The highest BCUT2D eigenvalue weighted by Gasteiger charge is 2.17. The molecule has 0 saturated carbocycles. The maximum atomic E-state index is 11.9. The predicted octanol–water partition coefficient (Wildman–Crippen LogP) is 2.41. The Bertz CT molecular complexity index is 755. The first-order valence-electron chi connectivity index (χ1n) is 8.24. The van der Waals surface area contributed by atoms with E-state index in [-0.39, 0.29) is 19.2 Å². The number of hydrogen-bond acceptors (Lipinski definition) is 4. The normalized spacial score (nSPS) is 11.7. The molecule has 0 aliphatic rings. The minimum absolute atomic E-state index is 0.159. The van der Waals surface area contributed by atoms with E-state index in [1.807, 2.05) is 49.7 Å². The molecule has 7 heteroatoms. The molecular weight excluding hydrogens is 320 g/mol. The molecule has 1 aromatic heterocycles. The van der Waals surface area contributed by atoms with E-state index in [0.29, 0.717) is 0 Å². The van der Waals surface area contributed by atoms with Crippen LogP contribution < -0.4 is 10.6 Å². The lowest BCUT2D eigenvalue weighted by Crippen LogP contribution is -2.40. The van der Waals surface area contributed by atoms with Crippen LogP contribution in [-0.4, -0.2) is 34.9 Å². The molecule has 0 unspecified atom stereocenters. The van der Waals surface area contributed by atoms with Crippen LogP contribution in [0.2, 0.25) is 0 Å². The van der Waals surface area contributed by atoms with Gasteiger partial charge >= 0.3 is 12.0 Å². The van der Waals surface area contributed by atoms with Crippen LogP contribution in [-0.2, 0) is 9.53 Å². The van der Waals surface area contributed by atoms with Crippen LogP contribution in [0.3, 0.4) is 0 Å². The SMILES string of the molecule is CCOC(=O)CNC(=O)N[C@H](C)c1cnn(-c2ccccc2C)c1C. The first kappa shape index (κ1) is 18.5. The van der Waals surface area contributed by atoms with E-state index < -0.39 is 12.0 Å². The molecule has 2 rings (SSSR count). The van der Waals surface area contributed by atoms with E-state index in [1.165, 1.54) is 0 Å². The molecule has 0 aliphatic heterocycles. The molecule has 0 radical (unpaired) electrons. The second-order valence-electron chi connectivity index (χ2n) is 5.74. The Kier molecular flexibility index (Phi) is 6.16. The minimum Gasteiger partial charge on any atom is -0.465 e. The van der Waals surface area contributed by atoms with E-state index in [0.717, 1.165) is 22.5 Å². The third-order valence-corrected chi connectivity index (χ3v) is 3.90. The zero-order valence-corrected chi connectivity index (χ0v) is 15.0. The third kappa shape index (κ3) is 4.59. The van der Waals surface area contributed by atoms with Gasteiger partial charge in [0.1, 0.15) is 6.54 Å². The molecule has 2 aromatic rings. The topological polar surface area (TPSA) is 85.2 Å². The van der Waals surface area contributed by atoms with Crippen molar-refractivity contribution < 1.29 is 14.3 Å². The van der Waals surface area contributed by atoms with E-state index in [9.17, 15) is 9.59 Å². The fourth-order valence-corrected chi connectivity index (χ4v) is 2.58. The number of nitrogens with one attached hydrogen (secondary N) is 2. The molecule has 2 N–H and O–H groups in total. The van der Waals surface area contributed by atoms with Crippen molar-refractivity contribution in [3.05, 3.63) is 47.3 Å². The van der Waals surface area contributed by atoms with Gasteiger partial charge in [-0.05, 0) is 39.3 Å². The Hall–Kier alpha value is -2.83. The number of benzene rings is 1. The molecule has 1 atom stereocenters. The van der Waals surface area contributed by atoms with Gasteiger partial charge < -0.3 is 15.4 Å². The number of urea groups is 1. The van der Waals surface area contributed by atoms with E-state index in [4.69, 9.17) is 4.74 Å². The molecule has 0 fully saturated rings. The molecule has 0 saturated heterocycles. The number of ether oxygens (including phenoxy) is 1. The molecule has 1 aromatic carbocycles. The van der Waals surface area contributed by atoms with Gasteiger partial charge in [0, 0.05) is 11.3 Å². The van der Waals surface area contributed by atoms with Crippen molar-refractivity contribution in [2.24, 2.45) is 0 Å². The van der Waals surface area contributed by atoms with Crippen molar-refractivity contribution in [3.63, 3.8) is 0 Å². The van der Waals surface area contributed by atoms with Gasteiger partial charge in [-0.15, -0.1) is 0 Å². The van der Waals surface area contributed by atoms with Crippen LogP contribution in [0, 0.1) is 13.8 Å². The summed E-state index contributed by atoms with van der Waals surface area (Å²) in [4.78, 5) is 23.2. The number of carbonyl (C=O) groups is 2. The lowest BCUT2D eigenvalue weighted by Gasteiger charge is -2.15. The highest BCUT2D eigenvalue weighted by atomic mass is 16.5. The average Bonchev–Trinajstić information content (AvgIpc) is 2.95. The van der Waals surface area contributed by atoms with Crippen LogP contribution in [0.25, 0.3) is 5.69 Å². The zero-order chi connectivity index (χ0) is 18.4. The fraction of sp³-hybridized carbons (Fsp3) is 0.389. The standard InChI is InChI=1S/C18H24N4O3/c1-5-25-17(23)11-19-18(24)21-13(3)15-10-20-22(14(15)4)16-9-7-6-8-12(16)2/h6-10,13H,5,11H2,1-4H3,(H2,19,21,24)/t13-/m1/s1. The van der Waals surface area contributed by atoms with Crippen molar-refractivity contribution in [3.8, 4) is 5.69 Å². The second kappa shape index (κ2) is 8.32. The number of nitrogens with zero attached hydrogens (tertiary/aromatic N) is 2. The Balaban J connectivity index is 2.03. The summed E-state index contributed by atoms with van der Waals surface area (Å²) >= 11 is 0. The molecule has 25 heavy (non-hydrogen) atoms. The number of esters is 1. The largest absolute Gasteiger partial charge is 0.465 e. The summed E-state index contributed by atoms with van der Waals surface area (Å²) in [5.74, 6) is -0.464. The highest BCUT2D eigenvalue weighted by molar-refractivity contribution is 5.81. The smallest absolute Gasteiger partial charge is 0.325 e. The number of aromatic nitrogens is 2. The van der Waals surface area contributed by atoms with Crippen LogP contribution in [0.4, 0.5) is 4.79 Å². The minimum atomic E-state index is -0.464. The van der Waals surface area contributed by atoms with Crippen molar-refractivity contribution in [1.29, 1.82) is 0 Å². The lowest BCUT2D eigenvalue weighted by atomic mass is 10.1. The van der Waals surface area contributed by atoms with E-state index in [2.05, 4.69) is 15.7 Å². The Labute approximate surface area is 147 Å². The monoisotopic (exact) mass is 344 g/mol. The van der Waals surface area contributed by atoms with E-state index in [1.54, 1.807) is 13.1 Å². The summed E-state index contributed by atoms with van der Waals surface area (Å²) in [6, 6.07) is 7.30. The van der Waals surface area contributed by atoms with Gasteiger partial charge in [-0.3, -0.25) is 4.79 Å². The van der Waals surface area contributed by atoms with Crippen molar-refractivity contribution in [1.82, 2.24) is 20.4 Å². The number of hydrogen-bond donors (Lipinski definition) is 2. The first-order chi connectivity index (χ1) is 11.9. The average molecular weight is 344 g/mol. The zero-order valence-electron chi connectivity index (χ0n) is 15.0. The molecule has 0 aliphatic carbocycles. The van der Waals surface area contributed by atoms with Gasteiger partial charge in [-0.2, -0.15) is 5.10 Å². The number of amides is 2. The van der Waals surface area contributed by atoms with Gasteiger partial charge in [0.15, 0.2) is 0 Å². The Morgan fingerprint density at radius 2 is 2.00 bits per heavy atom. The van der Waals surface area contributed by atoms with Gasteiger partial charge in [-0.1, -0.05) is 18.2 Å². The maximum absolute atomic E-state index is 11.9. The number of aryl methyl sites for hydroxylation is 1. The maximum Gasteiger partial charge on any atom is 0.325 e. The third-order valence-electron chi connectivity index (χ3n) is 3.90. The lowest BCUT2D eigenvalue weighted by molar-refractivity contribution is -0.141. The van der Waals surface area contributed by atoms with Gasteiger partial charge in [0.25, 0.3) is 0 Å². The molecule has 2 amide bonds. The van der Waals surface area contributed by atoms with Crippen molar-refractivity contribution in [2.75, 3.05) is 13.2 Å². The van der Waals surface area contributed by atoms with Crippen molar-refractivity contribution in [2.45, 2.75) is 33.7 Å². The second-order valence-corrected chi connectivity index (χ2v) is 5.74. The molecule has 0 bridgehead atoms. The molecular formula is C18H24N4O3. The van der Waals surface area contributed by atoms with Gasteiger partial charge in [-0.25, -0.2) is 9.48 Å². The number of carbonyl (C=O) groups excluding carboxylic acids is 2. The van der Waals surface area contributed by atoms with Crippen LogP contribution in [0.15, 0.2) is 30.5 Å². The summed E-state index contributed by atoms with van der Waals surface area (Å²) in [6.07, 6.45) is 1.75. The molecule has 7 nitrogen and oxygen atoms in total. The summed E-state index contributed by atoms with van der Waals surface area (Å²) in [7, 11) is 0. The summed E-state index contributed by atoms with van der Waals surface area (Å²) in [6.45, 7) is 7.71. The van der Waals surface area contributed by atoms with Gasteiger partial charge in [0.05, 0.1) is 24.5 Å². The fourth-order valence-electron chi connectivity index (χ4n) is 2.58. The number of rotatable bonds is 6. The highest BCUT2D eigenvalue weighted by Crippen LogP contribution is 2.21. The quantitative estimate of drug-likeness (QED) is 0.788. The summed E-state index contributed by atoms with van der Waals surface area (Å²) < 4.78 is 6.63. The molecule has 134 valence electrons. The van der Waals surface area contributed by atoms with Gasteiger partial charge in [0.2, 0.25) is 0 Å². The first-order valence-corrected chi connectivity index (χ1v) is 8.24. The van der Waals surface area contributed by atoms with Crippen LogP contribution >= 0.6 is 0 Å². The molecule has 0 spiro atoms. The van der Waals surface area contributed by atoms with Crippen LogP contribution in [0.1, 0.15) is 36.7 Å².